The minimum absolute atomic E-state index is 0.0908. The van der Waals surface area contributed by atoms with Crippen LogP contribution in [-0.2, 0) is 4.79 Å². The second-order valence-electron chi connectivity index (χ2n) is 12.6. The number of aliphatic hydroxyl groups is 2. The third-order valence-electron chi connectivity index (χ3n) is 8.12. The molecule has 0 aliphatic rings. The minimum atomic E-state index is -0.874. The van der Waals surface area contributed by atoms with Crippen LogP contribution >= 0.6 is 0 Å². The molecule has 1 amide bonds. The van der Waals surface area contributed by atoms with E-state index in [9.17, 15) is 15.0 Å². The van der Waals surface area contributed by atoms with Crippen LogP contribution < -0.4 is 5.32 Å². The van der Waals surface area contributed by atoms with E-state index in [1.165, 1.54) is 64.2 Å². The molecular formula is C44H73NO3. The van der Waals surface area contributed by atoms with Gasteiger partial charge in [0.1, 0.15) is 0 Å². The number of nitrogens with one attached hydrogen (secondary N) is 1. The van der Waals surface area contributed by atoms with Crippen molar-refractivity contribution >= 4 is 5.91 Å². The van der Waals surface area contributed by atoms with Crippen LogP contribution in [0.25, 0.3) is 0 Å². The van der Waals surface area contributed by atoms with Gasteiger partial charge in [-0.1, -0.05) is 162 Å². The Kier molecular flexibility index (Phi) is 36.6. The van der Waals surface area contributed by atoms with E-state index in [1.54, 1.807) is 6.08 Å². The van der Waals surface area contributed by atoms with Crippen LogP contribution in [0.4, 0.5) is 0 Å². The number of hydrogen-bond acceptors (Lipinski definition) is 3. The highest BCUT2D eigenvalue weighted by atomic mass is 16.3. The lowest BCUT2D eigenvalue weighted by atomic mass is 10.0. The number of hydrogen-bond donors (Lipinski definition) is 3. The number of amides is 1. The second kappa shape index (κ2) is 38.8. The summed E-state index contributed by atoms with van der Waals surface area (Å²) in [5, 5.41) is 22.8. The molecule has 0 aromatic carbocycles. The van der Waals surface area contributed by atoms with E-state index in [0.29, 0.717) is 6.42 Å². The van der Waals surface area contributed by atoms with Crippen molar-refractivity contribution in [2.75, 3.05) is 6.61 Å². The van der Waals surface area contributed by atoms with E-state index >= 15 is 0 Å². The van der Waals surface area contributed by atoms with E-state index in [0.717, 1.165) is 70.6 Å². The molecule has 48 heavy (non-hydrogen) atoms. The summed E-state index contributed by atoms with van der Waals surface area (Å²) < 4.78 is 0. The lowest BCUT2D eigenvalue weighted by Gasteiger charge is -2.19. The fourth-order valence-corrected chi connectivity index (χ4v) is 5.18. The molecule has 0 aromatic rings. The first-order valence-electron chi connectivity index (χ1n) is 19.4. The average molecular weight is 664 g/mol. The summed E-state index contributed by atoms with van der Waals surface area (Å²) in [5.74, 6) is -0.0908. The van der Waals surface area contributed by atoms with Gasteiger partial charge >= 0.3 is 0 Å². The van der Waals surface area contributed by atoms with Gasteiger partial charge in [-0.25, -0.2) is 0 Å². The van der Waals surface area contributed by atoms with E-state index in [4.69, 9.17) is 0 Å². The van der Waals surface area contributed by atoms with Crippen LogP contribution in [0.3, 0.4) is 0 Å². The van der Waals surface area contributed by atoms with Crippen molar-refractivity contribution in [3.63, 3.8) is 0 Å². The van der Waals surface area contributed by atoms with Crippen LogP contribution in [0.5, 0.6) is 0 Å². The van der Waals surface area contributed by atoms with Crippen LogP contribution in [0.1, 0.15) is 155 Å². The maximum absolute atomic E-state index is 12.3. The summed E-state index contributed by atoms with van der Waals surface area (Å²) in [6, 6.07) is -0.650. The minimum Gasteiger partial charge on any atom is -0.394 e. The molecule has 2 atom stereocenters. The summed E-state index contributed by atoms with van der Waals surface area (Å²) in [5.41, 5.74) is 0. The van der Waals surface area contributed by atoms with Crippen molar-refractivity contribution in [3.8, 4) is 0 Å². The van der Waals surface area contributed by atoms with E-state index < -0.39 is 12.1 Å². The number of unbranched alkanes of at least 4 members (excludes halogenated alkanes) is 13. The molecule has 0 rings (SSSR count). The first kappa shape index (κ1) is 45.3. The quantitative estimate of drug-likeness (QED) is 0.0483. The zero-order chi connectivity index (χ0) is 35.0. The molecule has 0 aliphatic heterocycles. The number of allylic oxidation sites excluding steroid dienone is 15. The molecule has 0 bridgehead atoms. The smallest absolute Gasteiger partial charge is 0.220 e. The predicted molar refractivity (Wildman–Crippen MR) is 211 cm³/mol. The molecule has 0 saturated carbocycles. The fraction of sp³-hybridized carbons (Fsp3) is 0.614. The zero-order valence-corrected chi connectivity index (χ0v) is 31.0. The molecule has 4 heteroatoms. The molecule has 0 aromatic heterocycles. The highest BCUT2D eigenvalue weighted by Crippen LogP contribution is 2.13. The van der Waals surface area contributed by atoms with Crippen molar-refractivity contribution in [2.45, 2.75) is 167 Å². The maximum atomic E-state index is 12.3. The molecule has 0 saturated heterocycles. The molecule has 0 spiro atoms. The van der Waals surface area contributed by atoms with Crippen LogP contribution in [-0.4, -0.2) is 34.9 Å². The summed E-state index contributed by atoms with van der Waals surface area (Å²) in [7, 11) is 0. The summed E-state index contributed by atoms with van der Waals surface area (Å²) >= 11 is 0. The van der Waals surface area contributed by atoms with E-state index in [-0.39, 0.29) is 12.5 Å². The maximum Gasteiger partial charge on any atom is 0.220 e. The zero-order valence-electron chi connectivity index (χ0n) is 31.0. The van der Waals surface area contributed by atoms with Crippen molar-refractivity contribution < 1.29 is 15.0 Å². The van der Waals surface area contributed by atoms with Crippen molar-refractivity contribution in [1.82, 2.24) is 5.32 Å². The van der Waals surface area contributed by atoms with Gasteiger partial charge < -0.3 is 15.5 Å². The summed E-state index contributed by atoms with van der Waals surface area (Å²) in [6.45, 7) is 3.92. The Morgan fingerprint density at radius 1 is 0.542 bits per heavy atom. The Bertz CT molecular complexity index is 937. The molecule has 0 fully saturated rings. The van der Waals surface area contributed by atoms with Gasteiger partial charge in [0.2, 0.25) is 5.91 Å². The molecule has 0 radical (unpaired) electrons. The molecule has 2 unspecified atom stereocenters. The normalized spacial score (nSPS) is 14.2. The van der Waals surface area contributed by atoms with Gasteiger partial charge in [0.25, 0.3) is 0 Å². The average Bonchev–Trinajstić information content (AvgIpc) is 3.09. The van der Waals surface area contributed by atoms with Crippen molar-refractivity contribution in [1.29, 1.82) is 0 Å². The first-order valence-corrected chi connectivity index (χ1v) is 19.4. The molecule has 272 valence electrons. The Labute approximate surface area is 296 Å². The van der Waals surface area contributed by atoms with E-state index in [2.05, 4.69) is 97.3 Å². The van der Waals surface area contributed by atoms with Crippen LogP contribution in [0.15, 0.2) is 97.2 Å². The SMILES string of the molecule is C/C=C/CC/C=C/CC/C=C/C(O)C(CO)NC(=O)CCCCCCCCCCCCC/C=C\C/C=C\C/C=C\C/C=C\C/C=C\CC. The van der Waals surface area contributed by atoms with E-state index in [1.807, 2.05) is 13.0 Å². The lowest BCUT2D eigenvalue weighted by Crippen LogP contribution is -2.45. The molecule has 0 heterocycles. The highest BCUT2D eigenvalue weighted by molar-refractivity contribution is 5.76. The predicted octanol–water partition coefficient (Wildman–Crippen LogP) is 11.9. The van der Waals surface area contributed by atoms with Crippen LogP contribution in [0.2, 0.25) is 0 Å². The largest absolute Gasteiger partial charge is 0.394 e. The number of carbonyl (C=O) groups excluding carboxylic acids is 1. The van der Waals surface area contributed by atoms with Gasteiger partial charge in [0.15, 0.2) is 0 Å². The van der Waals surface area contributed by atoms with Gasteiger partial charge in [-0.2, -0.15) is 0 Å². The topological polar surface area (TPSA) is 69.6 Å². The summed E-state index contributed by atoms with van der Waals surface area (Å²) in [6.07, 6.45) is 58.1. The third-order valence-corrected chi connectivity index (χ3v) is 8.12. The van der Waals surface area contributed by atoms with Crippen molar-refractivity contribution in [2.24, 2.45) is 0 Å². The third kappa shape index (κ3) is 34.6. The Hall–Kier alpha value is -2.69. The van der Waals surface area contributed by atoms with Gasteiger partial charge in [0.05, 0.1) is 18.8 Å². The number of rotatable bonds is 33. The molecule has 0 aliphatic carbocycles. The molecule has 3 N–H and O–H groups in total. The van der Waals surface area contributed by atoms with Gasteiger partial charge in [-0.3, -0.25) is 4.79 Å². The Balaban J connectivity index is 3.60. The first-order chi connectivity index (χ1) is 23.7. The number of carbonyl (C=O) groups is 1. The molecule has 4 nitrogen and oxygen atoms in total. The van der Waals surface area contributed by atoms with Gasteiger partial charge in [0, 0.05) is 6.42 Å². The van der Waals surface area contributed by atoms with Gasteiger partial charge in [-0.15, -0.1) is 0 Å². The lowest BCUT2D eigenvalue weighted by molar-refractivity contribution is -0.123. The Morgan fingerprint density at radius 2 is 0.958 bits per heavy atom. The highest BCUT2D eigenvalue weighted by Gasteiger charge is 2.17. The second-order valence-corrected chi connectivity index (χ2v) is 12.6. The monoisotopic (exact) mass is 664 g/mol. The fourth-order valence-electron chi connectivity index (χ4n) is 5.18. The molecular weight excluding hydrogens is 590 g/mol. The van der Waals surface area contributed by atoms with Crippen LogP contribution in [0, 0.1) is 0 Å². The number of aliphatic hydroxyl groups excluding tert-OH is 2. The van der Waals surface area contributed by atoms with Gasteiger partial charge in [-0.05, 0) is 84.0 Å². The Morgan fingerprint density at radius 3 is 1.46 bits per heavy atom. The standard InChI is InChI=1S/C44H73NO3/c1-3-5-7-9-11-13-14-15-16-17-18-19-20-21-22-23-24-25-26-27-28-29-30-32-34-36-38-40-44(48)45-42(41-46)43(47)39-37-35-33-31-12-10-8-6-4-2/h4-7,11-13,15-16,18-19,21-22,31,37,39,42-43,46-47H,3,8-10,14,17,20,23-30,32-36,38,40-41H2,1-2H3,(H,45,48)/b6-4+,7-5-,13-11-,16-15-,19-18-,22-21-,31-12+,39-37+. The van der Waals surface area contributed by atoms with Crippen molar-refractivity contribution in [3.05, 3.63) is 97.2 Å². The summed E-state index contributed by atoms with van der Waals surface area (Å²) in [4.78, 5) is 12.3.